The first kappa shape index (κ1) is 33.7. The van der Waals surface area contributed by atoms with Crippen LogP contribution in [-0.4, -0.2) is 23.9 Å². The first-order valence-corrected chi connectivity index (χ1v) is 13.4. The lowest BCUT2D eigenvalue weighted by Crippen LogP contribution is -2.11. The molecule has 0 aliphatic carbocycles. The van der Waals surface area contributed by atoms with Gasteiger partial charge in [0.25, 0.3) is 0 Å². The molecule has 0 radical (unpaired) electrons. The number of benzene rings is 3. The number of carbonyl (C=O) groups excluding carboxylic acids is 4. The highest BCUT2D eigenvalue weighted by Crippen LogP contribution is 2.35. The quantitative estimate of drug-likeness (QED) is 0.0947. The standard InChI is InChI=1S/C36H31FO8/c1-20(2)33(38)42-27-14-13-25(31(18-27)44-35(40)22(5)6)11-9-24-10-12-26(17-30(24)37)29-16-15-28(43-34(39)21(3)4)19-32(29)45-36(41)23(7)8/h9-19H,1,3,5,7H2,2,4,6,8H3/b11-9+. The second-order valence-corrected chi connectivity index (χ2v) is 10.1. The SMILES string of the molecule is C=C(C)C(=O)Oc1ccc(/C=C/c2ccc(-c3ccc(OC(=O)C(=C)C)cc3OC(=O)C(=C)C)cc2F)c(OC(=O)C(=C)C)c1. The zero-order chi connectivity index (χ0) is 33.4. The molecule has 9 heteroatoms. The number of esters is 4. The van der Waals surface area contributed by atoms with E-state index in [0.29, 0.717) is 16.7 Å². The lowest BCUT2D eigenvalue weighted by molar-refractivity contribution is -0.131. The van der Waals surface area contributed by atoms with Crippen LogP contribution < -0.4 is 18.9 Å². The van der Waals surface area contributed by atoms with Crippen molar-refractivity contribution in [3.05, 3.63) is 120 Å². The topological polar surface area (TPSA) is 105 Å². The predicted molar refractivity (Wildman–Crippen MR) is 169 cm³/mol. The van der Waals surface area contributed by atoms with Crippen LogP contribution in [0.5, 0.6) is 23.0 Å². The molecule has 0 unspecified atom stereocenters. The van der Waals surface area contributed by atoms with E-state index in [2.05, 4.69) is 26.3 Å². The molecule has 0 atom stereocenters. The van der Waals surface area contributed by atoms with Crippen molar-refractivity contribution in [3.63, 3.8) is 0 Å². The van der Waals surface area contributed by atoms with Crippen LogP contribution in [0.4, 0.5) is 4.39 Å². The van der Waals surface area contributed by atoms with Crippen LogP contribution in [-0.2, 0) is 19.2 Å². The van der Waals surface area contributed by atoms with Gasteiger partial charge in [0.15, 0.2) is 0 Å². The molecule has 0 fully saturated rings. The van der Waals surface area contributed by atoms with Crippen LogP contribution in [0, 0.1) is 5.82 Å². The van der Waals surface area contributed by atoms with Gasteiger partial charge >= 0.3 is 23.9 Å². The molecule has 3 aromatic rings. The Morgan fingerprint density at radius 3 is 1.49 bits per heavy atom. The fraction of sp³-hybridized carbons (Fsp3) is 0.111. The van der Waals surface area contributed by atoms with Crippen LogP contribution in [0.15, 0.2) is 103 Å². The van der Waals surface area contributed by atoms with Crippen LogP contribution >= 0.6 is 0 Å². The molecule has 0 bridgehead atoms. The van der Waals surface area contributed by atoms with E-state index < -0.39 is 29.7 Å². The van der Waals surface area contributed by atoms with Gasteiger partial charge in [-0.2, -0.15) is 0 Å². The summed E-state index contributed by atoms with van der Waals surface area (Å²) < 4.78 is 36.7. The Hall–Kier alpha value is -5.83. The Kier molecular flexibility index (Phi) is 10.9. The lowest BCUT2D eigenvalue weighted by Gasteiger charge is -2.13. The highest BCUT2D eigenvalue weighted by molar-refractivity contribution is 5.92. The van der Waals surface area contributed by atoms with Crippen molar-refractivity contribution in [2.24, 2.45) is 0 Å². The molecule has 0 aromatic heterocycles. The highest BCUT2D eigenvalue weighted by Gasteiger charge is 2.17. The van der Waals surface area contributed by atoms with Crippen LogP contribution in [0.2, 0.25) is 0 Å². The first-order valence-electron chi connectivity index (χ1n) is 13.4. The van der Waals surface area contributed by atoms with Crippen molar-refractivity contribution < 1.29 is 42.5 Å². The zero-order valence-electron chi connectivity index (χ0n) is 25.3. The molecule has 0 amide bonds. The summed E-state index contributed by atoms with van der Waals surface area (Å²) in [5.41, 5.74) is 1.92. The fourth-order valence-corrected chi connectivity index (χ4v) is 3.47. The summed E-state index contributed by atoms with van der Waals surface area (Å²) in [6, 6.07) is 13.1. The molecule has 0 aliphatic heterocycles. The van der Waals surface area contributed by atoms with Gasteiger partial charge in [-0.3, -0.25) is 0 Å². The van der Waals surface area contributed by atoms with Crippen molar-refractivity contribution in [1.29, 1.82) is 0 Å². The fourth-order valence-electron chi connectivity index (χ4n) is 3.47. The molecule has 0 saturated carbocycles. The summed E-state index contributed by atoms with van der Waals surface area (Å²) >= 11 is 0. The van der Waals surface area contributed by atoms with Gasteiger partial charge < -0.3 is 18.9 Å². The zero-order valence-corrected chi connectivity index (χ0v) is 25.3. The van der Waals surface area contributed by atoms with E-state index in [1.54, 1.807) is 6.07 Å². The highest BCUT2D eigenvalue weighted by atomic mass is 19.1. The molecule has 45 heavy (non-hydrogen) atoms. The molecular weight excluding hydrogens is 579 g/mol. The van der Waals surface area contributed by atoms with E-state index in [1.165, 1.54) is 88.4 Å². The summed E-state index contributed by atoms with van der Waals surface area (Å²) in [5, 5.41) is 0. The maximum absolute atomic E-state index is 15.4. The third kappa shape index (κ3) is 9.08. The van der Waals surface area contributed by atoms with Gasteiger partial charge in [0.05, 0.1) is 0 Å². The third-order valence-corrected chi connectivity index (χ3v) is 5.91. The maximum atomic E-state index is 15.4. The average Bonchev–Trinajstić information content (AvgIpc) is 2.97. The summed E-state index contributed by atoms with van der Waals surface area (Å²) in [6.07, 6.45) is 2.99. The molecule has 230 valence electrons. The number of hydrogen-bond donors (Lipinski definition) is 0. The van der Waals surface area contributed by atoms with Crippen molar-refractivity contribution in [2.75, 3.05) is 0 Å². The summed E-state index contributed by atoms with van der Waals surface area (Å²) in [4.78, 5) is 48.5. The van der Waals surface area contributed by atoms with Crippen LogP contribution in [0.3, 0.4) is 0 Å². The van der Waals surface area contributed by atoms with Gasteiger partial charge in [-0.1, -0.05) is 50.6 Å². The van der Waals surface area contributed by atoms with Gasteiger partial charge in [0.1, 0.15) is 28.8 Å². The molecule has 8 nitrogen and oxygen atoms in total. The molecule has 3 rings (SSSR count). The van der Waals surface area contributed by atoms with Gasteiger partial charge in [-0.25, -0.2) is 23.6 Å². The van der Waals surface area contributed by atoms with E-state index in [9.17, 15) is 19.2 Å². The molecular formula is C36H31FO8. The van der Waals surface area contributed by atoms with E-state index in [1.807, 2.05) is 0 Å². The van der Waals surface area contributed by atoms with Gasteiger partial charge in [0.2, 0.25) is 0 Å². The van der Waals surface area contributed by atoms with Crippen molar-refractivity contribution >= 4 is 36.0 Å². The second kappa shape index (κ2) is 14.6. The van der Waals surface area contributed by atoms with Gasteiger partial charge in [0, 0.05) is 51.1 Å². The number of halogens is 1. The predicted octanol–water partition coefficient (Wildman–Crippen LogP) is 7.59. The number of ether oxygens (including phenoxy) is 4. The van der Waals surface area contributed by atoms with E-state index in [-0.39, 0.29) is 50.9 Å². The minimum atomic E-state index is -0.719. The monoisotopic (exact) mass is 610 g/mol. The first-order chi connectivity index (χ1) is 21.2. The molecule has 0 spiro atoms. The molecule has 0 saturated heterocycles. The third-order valence-electron chi connectivity index (χ3n) is 5.91. The Morgan fingerprint density at radius 1 is 0.556 bits per heavy atom. The number of hydrogen-bond acceptors (Lipinski definition) is 8. The van der Waals surface area contributed by atoms with E-state index >= 15 is 4.39 Å². The Bertz CT molecular complexity index is 1790. The maximum Gasteiger partial charge on any atom is 0.338 e. The lowest BCUT2D eigenvalue weighted by atomic mass is 10.0. The Balaban J connectivity index is 1.98. The Labute approximate surface area is 260 Å². The number of carbonyl (C=O) groups is 4. The molecule has 3 aromatic carbocycles. The summed E-state index contributed by atoms with van der Waals surface area (Å²) in [7, 11) is 0. The minimum Gasteiger partial charge on any atom is -0.423 e. The van der Waals surface area contributed by atoms with E-state index in [0.717, 1.165) is 0 Å². The van der Waals surface area contributed by atoms with Crippen LogP contribution in [0.1, 0.15) is 38.8 Å². The largest absolute Gasteiger partial charge is 0.423 e. The smallest absolute Gasteiger partial charge is 0.338 e. The molecule has 0 aliphatic rings. The van der Waals surface area contributed by atoms with E-state index in [4.69, 9.17) is 18.9 Å². The van der Waals surface area contributed by atoms with Gasteiger partial charge in [-0.05, 0) is 63.6 Å². The molecule has 0 heterocycles. The van der Waals surface area contributed by atoms with Crippen molar-refractivity contribution in [1.82, 2.24) is 0 Å². The van der Waals surface area contributed by atoms with Crippen LogP contribution in [0.25, 0.3) is 23.3 Å². The van der Waals surface area contributed by atoms with Gasteiger partial charge in [-0.15, -0.1) is 0 Å². The minimum absolute atomic E-state index is 0.0223. The second-order valence-electron chi connectivity index (χ2n) is 10.1. The van der Waals surface area contributed by atoms with Crippen molar-refractivity contribution in [3.8, 4) is 34.1 Å². The van der Waals surface area contributed by atoms with Crippen molar-refractivity contribution in [2.45, 2.75) is 27.7 Å². The number of rotatable bonds is 11. The summed E-state index contributed by atoms with van der Waals surface area (Å²) in [5.74, 6) is -3.07. The summed E-state index contributed by atoms with van der Waals surface area (Å²) in [6.45, 7) is 20.2. The molecule has 0 N–H and O–H groups in total. The Morgan fingerprint density at radius 2 is 0.978 bits per heavy atom. The normalized spacial score (nSPS) is 10.5. The average molecular weight is 611 g/mol.